The Labute approximate surface area is 120 Å². The molecule has 3 rings (SSSR count). The first kappa shape index (κ1) is 13.4. The number of amides is 1. The van der Waals surface area contributed by atoms with E-state index in [9.17, 15) is 4.79 Å². The van der Waals surface area contributed by atoms with Crippen molar-refractivity contribution in [2.75, 3.05) is 25.5 Å². The number of carbonyl (C=O) groups is 1. The minimum Gasteiger partial charge on any atom is -0.374 e. The van der Waals surface area contributed by atoms with Gasteiger partial charge in [-0.3, -0.25) is 4.79 Å². The van der Waals surface area contributed by atoms with Gasteiger partial charge in [0.1, 0.15) is 6.04 Å². The summed E-state index contributed by atoms with van der Waals surface area (Å²) in [4.78, 5) is 13.7. The van der Waals surface area contributed by atoms with Crippen LogP contribution >= 0.6 is 0 Å². The van der Waals surface area contributed by atoms with E-state index in [1.54, 1.807) is 4.90 Å². The number of piperidine rings is 1. The number of likely N-dealkylation sites (tertiary alicyclic amines) is 1. The van der Waals surface area contributed by atoms with E-state index < -0.39 is 0 Å². The van der Waals surface area contributed by atoms with Crippen LogP contribution in [0.5, 0.6) is 0 Å². The van der Waals surface area contributed by atoms with Crippen molar-refractivity contribution in [2.24, 2.45) is 0 Å². The molecule has 0 aliphatic carbocycles. The molecule has 4 heteroatoms. The van der Waals surface area contributed by atoms with Crippen LogP contribution in [0.4, 0.5) is 5.69 Å². The second-order valence-electron chi connectivity index (χ2n) is 5.87. The van der Waals surface area contributed by atoms with Crippen LogP contribution in [-0.4, -0.2) is 37.0 Å². The molecule has 1 amide bonds. The standard InChI is InChI=1S/C16H23N3O/c1-19-11-9-15(16(19)20)18-13-7-5-12(6-8-13)14-4-2-3-10-17-14/h5-8,14-15,17-18H,2-4,9-11H2,1H3/t14-,15?/m0/s1. The summed E-state index contributed by atoms with van der Waals surface area (Å²) in [6, 6.07) is 8.98. The molecule has 0 spiro atoms. The zero-order valence-electron chi connectivity index (χ0n) is 12.1. The smallest absolute Gasteiger partial charge is 0.244 e. The van der Waals surface area contributed by atoms with E-state index in [1.807, 2.05) is 7.05 Å². The van der Waals surface area contributed by atoms with Crippen molar-refractivity contribution in [3.05, 3.63) is 29.8 Å². The number of rotatable bonds is 3. The first-order valence-electron chi connectivity index (χ1n) is 7.59. The van der Waals surface area contributed by atoms with Crippen LogP contribution < -0.4 is 10.6 Å². The molecule has 2 saturated heterocycles. The highest BCUT2D eigenvalue weighted by Gasteiger charge is 2.28. The van der Waals surface area contributed by atoms with Gasteiger partial charge < -0.3 is 15.5 Å². The average molecular weight is 273 g/mol. The number of benzene rings is 1. The van der Waals surface area contributed by atoms with Crippen LogP contribution in [0.1, 0.15) is 37.3 Å². The fourth-order valence-corrected chi connectivity index (χ4v) is 3.11. The Morgan fingerprint density at radius 3 is 2.60 bits per heavy atom. The topological polar surface area (TPSA) is 44.4 Å². The van der Waals surface area contributed by atoms with Gasteiger partial charge in [-0.05, 0) is 43.5 Å². The molecule has 2 aliphatic heterocycles. The molecule has 0 bridgehead atoms. The van der Waals surface area contributed by atoms with Gasteiger partial charge in [0, 0.05) is 25.3 Å². The molecule has 0 aromatic heterocycles. The Bertz CT molecular complexity index is 465. The predicted octanol–water partition coefficient (Wildman–Crippen LogP) is 2.14. The van der Waals surface area contributed by atoms with Crippen LogP contribution in [0.2, 0.25) is 0 Å². The fraction of sp³-hybridized carbons (Fsp3) is 0.562. The maximum Gasteiger partial charge on any atom is 0.244 e. The van der Waals surface area contributed by atoms with Gasteiger partial charge in [0.25, 0.3) is 0 Å². The lowest BCUT2D eigenvalue weighted by atomic mass is 9.97. The van der Waals surface area contributed by atoms with E-state index in [0.717, 1.165) is 25.2 Å². The van der Waals surface area contributed by atoms with E-state index in [-0.39, 0.29) is 11.9 Å². The molecule has 0 radical (unpaired) electrons. The molecule has 1 unspecified atom stereocenters. The van der Waals surface area contributed by atoms with Crippen molar-refractivity contribution in [3.8, 4) is 0 Å². The summed E-state index contributed by atoms with van der Waals surface area (Å²) in [6.07, 6.45) is 4.70. The second-order valence-corrected chi connectivity index (χ2v) is 5.87. The van der Waals surface area contributed by atoms with Gasteiger partial charge in [-0.2, -0.15) is 0 Å². The Morgan fingerprint density at radius 1 is 1.20 bits per heavy atom. The number of hydrogen-bond donors (Lipinski definition) is 2. The van der Waals surface area contributed by atoms with Crippen molar-refractivity contribution in [1.29, 1.82) is 0 Å². The van der Waals surface area contributed by atoms with E-state index in [1.165, 1.54) is 24.8 Å². The van der Waals surface area contributed by atoms with Crippen LogP contribution in [-0.2, 0) is 4.79 Å². The predicted molar refractivity (Wildman–Crippen MR) is 80.7 cm³/mol. The Hall–Kier alpha value is -1.55. The van der Waals surface area contributed by atoms with Crippen molar-refractivity contribution < 1.29 is 4.79 Å². The molecule has 0 saturated carbocycles. The molecule has 2 aliphatic rings. The van der Waals surface area contributed by atoms with Crippen LogP contribution in [0.15, 0.2) is 24.3 Å². The van der Waals surface area contributed by atoms with Gasteiger partial charge in [0.15, 0.2) is 0 Å². The van der Waals surface area contributed by atoms with Gasteiger partial charge in [-0.25, -0.2) is 0 Å². The quantitative estimate of drug-likeness (QED) is 0.887. The van der Waals surface area contributed by atoms with Crippen LogP contribution in [0.3, 0.4) is 0 Å². The summed E-state index contributed by atoms with van der Waals surface area (Å²) >= 11 is 0. The van der Waals surface area contributed by atoms with E-state index >= 15 is 0 Å². The summed E-state index contributed by atoms with van der Waals surface area (Å²) in [6.45, 7) is 1.97. The zero-order valence-corrected chi connectivity index (χ0v) is 12.1. The van der Waals surface area contributed by atoms with E-state index in [0.29, 0.717) is 6.04 Å². The lowest BCUT2D eigenvalue weighted by Gasteiger charge is -2.24. The van der Waals surface area contributed by atoms with Crippen molar-refractivity contribution in [1.82, 2.24) is 10.2 Å². The van der Waals surface area contributed by atoms with Gasteiger partial charge in [-0.1, -0.05) is 18.6 Å². The molecule has 1 aromatic carbocycles. The molecule has 108 valence electrons. The molecular weight excluding hydrogens is 250 g/mol. The normalized spacial score (nSPS) is 26.9. The van der Waals surface area contributed by atoms with E-state index in [4.69, 9.17) is 0 Å². The second kappa shape index (κ2) is 5.83. The highest BCUT2D eigenvalue weighted by Crippen LogP contribution is 2.24. The monoisotopic (exact) mass is 273 g/mol. The molecule has 2 fully saturated rings. The largest absolute Gasteiger partial charge is 0.374 e. The number of carbonyl (C=O) groups excluding carboxylic acids is 1. The molecule has 2 N–H and O–H groups in total. The first-order chi connectivity index (χ1) is 9.74. The summed E-state index contributed by atoms with van der Waals surface area (Å²) < 4.78 is 0. The summed E-state index contributed by atoms with van der Waals surface area (Å²) in [5.41, 5.74) is 2.39. The number of nitrogens with one attached hydrogen (secondary N) is 2. The maximum absolute atomic E-state index is 11.9. The van der Waals surface area contributed by atoms with Gasteiger partial charge in [-0.15, -0.1) is 0 Å². The molecule has 2 atom stereocenters. The van der Waals surface area contributed by atoms with Crippen molar-refractivity contribution in [2.45, 2.75) is 37.8 Å². The van der Waals surface area contributed by atoms with Crippen LogP contribution in [0.25, 0.3) is 0 Å². The molecule has 2 heterocycles. The van der Waals surface area contributed by atoms with Crippen molar-refractivity contribution in [3.63, 3.8) is 0 Å². The van der Waals surface area contributed by atoms with Gasteiger partial charge in [0.05, 0.1) is 0 Å². The highest BCUT2D eigenvalue weighted by molar-refractivity contribution is 5.86. The lowest BCUT2D eigenvalue weighted by molar-refractivity contribution is -0.127. The zero-order chi connectivity index (χ0) is 13.9. The van der Waals surface area contributed by atoms with Crippen molar-refractivity contribution >= 4 is 11.6 Å². The SMILES string of the molecule is CN1CCC(Nc2ccc([C@@H]3CCCCN3)cc2)C1=O. The number of anilines is 1. The Morgan fingerprint density at radius 2 is 2.00 bits per heavy atom. The number of nitrogens with zero attached hydrogens (tertiary/aromatic N) is 1. The first-order valence-corrected chi connectivity index (χ1v) is 7.59. The fourth-order valence-electron chi connectivity index (χ4n) is 3.11. The minimum absolute atomic E-state index is 0.0568. The average Bonchev–Trinajstić information content (AvgIpc) is 2.81. The molecule has 4 nitrogen and oxygen atoms in total. The third-order valence-corrected chi connectivity index (χ3v) is 4.39. The molecule has 20 heavy (non-hydrogen) atoms. The van der Waals surface area contributed by atoms with Gasteiger partial charge >= 0.3 is 0 Å². The number of likely N-dealkylation sites (N-methyl/N-ethyl adjacent to an activating group) is 1. The third kappa shape index (κ3) is 2.80. The summed E-state index contributed by atoms with van der Waals surface area (Å²) in [7, 11) is 1.86. The summed E-state index contributed by atoms with van der Waals surface area (Å²) in [5, 5.41) is 6.90. The van der Waals surface area contributed by atoms with E-state index in [2.05, 4.69) is 34.9 Å². The maximum atomic E-state index is 11.9. The minimum atomic E-state index is -0.0568. The lowest BCUT2D eigenvalue weighted by Crippen LogP contribution is -2.31. The Kier molecular flexibility index (Phi) is 3.92. The Balaban J connectivity index is 1.62. The molecular formula is C16H23N3O. The third-order valence-electron chi connectivity index (χ3n) is 4.39. The van der Waals surface area contributed by atoms with Crippen LogP contribution in [0, 0.1) is 0 Å². The van der Waals surface area contributed by atoms with Gasteiger partial charge in [0.2, 0.25) is 5.91 Å². The summed E-state index contributed by atoms with van der Waals surface area (Å²) in [5.74, 6) is 0.197. The highest BCUT2D eigenvalue weighted by atomic mass is 16.2. The molecule has 1 aromatic rings. The number of hydrogen-bond acceptors (Lipinski definition) is 3.